The van der Waals surface area contributed by atoms with Crippen molar-refractivity contribution in [1.82, 2.24) is 5.32 Å². The van der Waals surface area contributed by atoms with Crippen LogP contribution in [-0.4, -0.2) is 32.1 Å². The van der Waals surface area contributed by atoms with E-state index in [-0.39, 0.29) is 11.8 Å². The predicted molar refractivity (Wildman–Crippen MR) is 47.8 cm³/mol. The molecule has 0 aliphatic carbocycles. The number of nitrogens with one attached hydrogen (secondary N) is 1. The van der Waals surface area contributed by atoms with Gasteiger partial charge in [-0.05, 0) is 14.0 Å². The topological polar surface area (TPSA) is 38.3 Å². The van der Waals surface area contributed by atoms with Crippen molar-refractivity contribution in [2.24, 2.45) is 0 Å². The second kappa shape index (κ2) is 6.84. The molecule has 0 fully saturated rings. The minimum absolute atomic E-state index is 0.0584. The van der Waals surface area contributed by atoms with Crippen LogP contribution in [0.25, 0.3) is 0 Å². The summed E-state index contributed by atoms with van der Waals surface area (Å²) in [7, 11) is 1.78. The Morgan fingerprint density at radius 1 is 1.75 bits per heavy atom. The number of carbonyl (C=O) groups excluding carboxylic acids is 1. The molecule has 1 atom stereocenters. The molecule has 0 aromatic heterocycles. The summed E-state index contributed by atoms with van der Waals surface area (Å²) < 4.78 is 5.16. The molecule has 0 unspecified atom stereocenters. The van der Waals surface area contributed by atoms with E-state index in [1.54, 1.807) is 14.0 Å². The fourth-order valence-electron chi connectivity index (χ4n) is 0.632. The highest BCUT2D eigenvalue weighted by atomic mass is 16.5. The molecule has 3 heteroatoms. The van der Waals surface area contributed by atoms with Crippen LogP contribution in [0.1, 0.15) is 13.3 Å². The van der Waals surface area contributed by atoms with E-state index in [0.29, 0.717) is 19.6 Å². The van der Waals surface area contributed by atoms with Gasteiger partial charge in [0, 0.05) is 6.42 Å². The van der Waals surface area contributed by atoms with Crippen molar-refractivity contribution in [2.45, 2.75) is 19.4 Å². The van der Waals surface area contributed by atoms with Crippen LogP contribution in [0.15, 0.2) is 0 Å². The zero-order valence-corrected chi connectivity index (χ0v) is 7.59. The third-order valence-electron chi connectivity index (χ3n) is 1.43. The zero-order chi connectivity index (χ0) is 9.40. The number of Topliss-reactive ketones (excluding diaryl/α,β-unsaturated/α-hetero) is 1. The monoisotopic (exact) mass is 169 g/mol. The van der Waals surface area contributed by atoms with Crippen molar-refractivity contribution in [1.29, 1.82) is 0 Å². The number of ketones is 1. The highest BCUT2D eigenvalue weighted by Gasteiger charge is 2.00. The van der Waals surface area contributed by atoms with E-state index >= 15 is 0 Å². The summed E-state index contributed by atoms with van der Waals surface area (Å²) in [5.41, 5.74) is 0. The second-order valence-corrected chi connectivity index (χ2v) is 2.53. The third-order valence-corrected chi connectivity index (χ3v) is 1.43. The Kier molecular flexibility index (Phi) is 6.35. The average molecular weight is 169 g/mol. The average Bonchev–Trinajstić information content (AvgIpc) is 2.04. The SMILES string of the molecule is C#C[C@@H](COCCC(C)=O)NC. The zero-order valence-electron chi connectivity index (χ0n) is 7.59. The minimum Gasteiger partial charge on any atom is -0.378 e. The van der Waals surface area contributed by atoms with E-state index in [1.807, 2.05) is 0 Å². The molecule has 0 amide bonds. The summed E-state index contributed by atoms with van der Waals surface area (Å²) in [6, 6.07) is -0.0584. The van der Waals surface area contributed by atoms with Gasteiger partial charge in [0.25, 0.3) is 0 Å². The van der Waals surface area contributed by atoms with Gasteiger partial charge in [-0.15, -0.1) is 6.42 Å². The fourth-order valence-corrected chi connectivity index (χ4v) is 0.632. The molecule has 0 aromatic carbocycles. The highest BCUT2D eigenvalue weighted by molar-refractivity contribution is 5.75. The Bertz CT molecular complexity index is 172. The van der Waals surface area contributed by atoms with Gasteiger partial charge in [-0.2, -0.15) is 0 Å². The lowest BCUT2D eigenvalue weighted by Gasteiger charge is -2.08. The Labute approximate surface area is 73.5 Å². The smallest absolute Gasteiger partial charge is 0.132 e. The molecule has 0 saturated heterocycles. The summed E-state index contributed by atoms with van der Waals surface area (Å²) in [6.07, 6.45) is 5.63. The van der Waals surface area contributed by atoms with E-state index < -0.39 is 0 Å². The molecule has 0 aliphatic heterocycles. The van der Waals surface area contributed by atoms with Gasteiger partial charge in [0.05, 0.1) is 19.3 Å². The lowest BCUT2D eigenvalue weighted by Crippen LogP contribution is -2.28. The van der Waals surface area contributed by atoms with Gasteiger partial charge in [0.1, 0.15) is 5.78 Å². The number of carbonyl (C=O) groups is 1. The van der Waals surface area contributed by atoms with Crippen molar-refractivity contribution in [3.8, 4) is 12.3 Å². The molecule has 68 valence electrons. The molecule has 0 saturated carbocycles. The molecule has 1 N–H and O–H groups in total. The third kappa shape index (κ3) is 5.90. The number of likely N-dealkylation sites (N-methyl/N-ethyl adjacent to an activating group) is 1. The first kappa shape index (κ1) is 11.2. The Morgan fingerprint density at radius 2 is 2.42 bits per heavy atom. The Morgan fingerprint density at radius 3 is 2.83 bits per heavy atom. The lowest BCUT2D eigenvalue weighted by atomic mass is 10.3. The molecule has 3 nitrogen and oxygen atoms in total. The summed E-state index contributed by atoms with van der Waals surface area (Å²) in [5, 5.41) is 2.89. The largest absolute Gasteiger partial charge is 0.378 e. The predicted octanol–water partition coefficient (Wildman–Crippen LogP) is 0.203. The maximum Gasteiger partial charge on any atom is 0.132 e. The maximum atomic E-state index is 10.5. The standard InChI is InChI=1S/C9H15NO2/c1-4-9(10-3)7-12-6-5-8(2)11/h1,9-10H,5-7H2,2-3H3/t9-/m0/s1. The van der Waals surface area contributed by atoms with Crippen molar-refractivity contribution < 1.29 is 9.53 Å². The maximum absolute atomic E-state index is 10.5. The van der Waals surface area contributed by atoms with Crippen LogP contribution < -0.4 is 5.32 Å². The molecule has 0 aliphatic rings. The highest BCUT2D eigenvalue weighted by Crippen LogP contribution is 1.87. The first-order valence-corrected chi connectivity index (χ1v) is 3.91. The molecule has 0 aromatic rings. The van der Waals surface area contributed by atoms with Gasteiger partial charge in [-0.25, -0.2) is 0 Å². The fraction of sp³-hybridized carbons (Fsp3) is 0.667. The van der Waals surface area contributed by atoms with Crippen LogP contribution >= 0.6 is 0 Å². The number of terminal acetylenes is 1. The number of rotatable bonds is 6. The summed E-state index contributed by atoms with van der Waals surface area (Å²) >= 11 is 0. The van der Waals surface area contributed by atoms with Crippen molar-refractivity contribution in [2.75, 3.05) is 20.3 Å². The van der Waals surface area contributed by atoms with E-state index in [2.05, 4.69) is 11.2 Å². The minimum atomic E-state index is -0.0584. The molecular weight excluding hydrogens is 154 g/mol. The van der Waals surface area contributed by atoms with E-state index in [4.69, 9.17) is 11.2 Å². The number of hydrogen-bond acceptors (Lipinski definition) is 3. The van der Waals surface area contributed by atoms with Gasteiger partial charge >= 0.3 is 0 Å². The van der Waals surface area contributed by atoms with Crippen molar-refractivity contribution in [3.63, 3.8) is 0 Å². The summed E-state index contributed by atoms with van der Waals surface area (Å²) in [5.74, 6) is 2.65. The summed E-state index contributed by atoms with van der Waals surface area (Å²) in [6.45, 7) is 2.45. The summed E-state index contributed by atoms with van der Waals surface area (Å²) in [4.78, 5) is 10.5. The molecule has 0 heterocycles. The van der Waals surface area contributed by atoms with Crippen LogP contribution in [0.2, 0.25) is 0 Å². The van der Waals surface area contributed by atoms with Gasteiger partial charge in [-0.3, -0.25) is 4.79 Å². The Balaban J connectivity index is 3.31. The molecule has 0 spiro atoms. The van der Waals surface area contributed by atoms with Crippen molar-refractivity contribution >= 4 is 5.78 Å². The van der Waals surface area contributed by atoms with Crippen LogP contribution in [0.3, 0.4) is 0 Å². The molecular formula is C9H15NO2. The Hall–Kier alpha value is -0.850. The second-order valence-electron chi connectivity index (χ2n) is 2.53. The first-order chi connectivity index (χ1) is 5.70. The quantitative estimate of drug-likeness (QED) is 0.456. The van der Waals surface area contributed by atoms with Gasteiger partial charge in [-0.1, -0.05) is 5.92 Å². The molecule has 0 bridgehead atoms. The van der Waals surface area contributed by atoms with Gasteiger partial charge in [0.2, 0.25) is 0 Å². The normalized spacial score (nSPS) is 12.1. The number of hydrogen-bond donors (Lipinski definition) is 1. The van der Waals surface area contributed by atoms with Crippen LogP contribution in [0.5, 0.6) is 0 Å². The van der Waals surface area contributed by atoms with Crippen LogP contribution in [0, 0.1) is 12.3 Å². The van der Waals surface area contributed by atoms with Crippen LogP contribution in [-0.2, 0) is 9.53 Å². The number of ether oxygens (including phenoxy) is 1. The van der Waals surface area contributed by atoms with Crippen molar-refractivity contribution in [3.05, 3.63) is 0 Å². The van der Waals surface area contributed by atoms with E-state index in [9.17, 15) is 4.79 Å². The van der Waals surface area contributed by atoms with Gasteiger partial charge < -0.3 is 10.1 Å². The first-order valence-electron chi connectivity index (χ1n) is 3.91. The molecule has 0 radical (unpaired) electrons. The molecule has 12 heavy (non-hydrogen) atoms. The van der Waals surface area contributed by atoms with E-state index in [0.717, 1.165) is 0 Å². The van der Waals surface area contributed by atoms with Crippen LogP contribution in [0.4, 0.5) is 0 Å². The molecule has 0 rings (SSSR count). The lowest BCUT2D eigenvalue weighted by molar-refractivity contribution is -0.118. The van der Waals surface area contributed by atoms with E-state index in [1.165, 1.54) is 0 Å². The van der Waals surface area contributed by atoms with Gasteiger partial charge in [0.15, 0.2) is 0 Å².